The van der Waals surface area contributed by atoms with Crippen molar-refractivity contribution in [3.8, 4) is 0 Å². The first kappa shape index (κ1) is 12.8. The second-order valence-electron chi connectivity index (χ2n) is 4.57. The van der Waals surface area contributed by atoms with Crippen LogP contribution < -0.4 is 11.1 Å². The number of aryl methyl sites for hydroxylation is 1. The number of hydrogen-bond donors (Lipinski definition) is 2. The Kier molecular flexibility index (Phi) is 3.76. The number of likely N-dealkylation sites (tertiary alicyclic amines) is 1. The van der Waals surface area contributed by atoms with Crippen molar-refractivity contribution in [3.05, 3.63) is 17.6 Å². The highest BCUT2D eigenvalue weighted by molar-refractivity contribution is 5.77. The van der Waals surface area contributed by atoms with Gasteiger partial charge in [-0.1, -0.05) is 0 Å². The highest BCUT2D eigenvalue weighted by Gasteiger charge is 2.28. The number of nitrogens with one attached hydrogen (secondary N) is 1. The highest BCUT2D eigenvalue weighted by atomic mass is 16.1. The predicted octanol–water partition coefficient (Wildman–Crippen LogP) is 0.250. The van der Waals surface area contributed by atoms with Crippen molar-refractivity contribution in [1.29, 1.82) is 0 Å². The van der Waals surface area contributed by atoms with Crippen LogP contribution in [0.25, 0.3) is 0 Å². The van der Waals surface area contributed by atoms with Crippen LogP contribution in [0, 0.1) is 6.92 Å². The van der Waals surface area contributed by atoms with Crippen molar-refractivity contribution in [2.75, 3.05) is 25.9 Å². The number of amides is 1. The summed E-state index contributed by atoms with van der Waals surface area (Å²) in [6.45, 7) is 3.16. The molecule has 0 aromatic carbocycles. The number of rotatable bonds is 3. The van der Waals surface area contributed by atoms with Crippen molar-refractivity contribution in [1.82, 2.24) is 20.2 Å². The maximum atomic E-state index is 11.5. The van der Waals surface area contributed by atoms with Gasteiger partial charge in [0.05, 0.1) is 18.3 Å². The summed E-state index contributed by atoms with van der Waals surface area (Å²) in [5.41, 5.74) is 6.67. The van der Waals surface area contributed by atoms with Crippen LogP contribution in [0.15, 0.2) is 6.07 Å². The summed E-state index contributed by atoms with van der Waals surface area (Å²) in [4.78, 5) is 22.1. The third-order valence-corrected chi connectivity index (χ3v) is 3.21. The third-order valence-electron chi connectivity index (χ3n) is 3.21. The summed E-state index contributed by atoms with van der Waals surface area (Å²) in [6, 6.07) is 1.98. The van der Waals surface area contributed by atoms with E-state index in [9.17, 15) is 4.79 Å². The maximum Gasteiger partial charge on any atom is 0.233 e. The Morgan fingerprint density at radius 1 is 1.61 bits per heavy atom. The van der Waals surface area contributed by atoms with Gasteiger partial charge in [-0.2, -0.15) is 0 Å². The van der Waals surface area contributed by atoms with Crippen LogP contribution in [-0.4, -0.2) is 40.9 Å². The fourth-order valence-corrected chi connectivity index (χ4v) is 2.40. The van der Waals surface area contributed by atoms with E-state index < -0.39 is 0 Å². The number of nitrogens with zero attached hydrogens (tertiary/aromatic N) is 3. The Morgan fingerprint density at radius 3 is 3.06 bits per heavy atom. The molecule has 1 aliphatic heterocycles. The molecule has 0 radical (unpaired) electrons. The normalized spacial score (nSPS) is 20.0. The molecule has 2 rings (SSSR count). The number of likely N-dealkylation sites (N-methyl/N-ethyl adjacent to an activating group) is 1. The van der Waals surface area contributed by atoms with E-state index in [2.05, 4.69) is 20.2 Å². The summed E-state index contributed by atoms with van der Waals surface area (Å²) in [5.74, 6) is 1.20. The molecule has 6 nitrogen and oxygen atoms in total. The van der Waals surface area contributed by atoms with E-state index in [4.69, 9.17) is 5.73 Å². The van der Waals surface area contributed by atoms with Gasteiger partial charge in [-0.25, -0.2) is 9.97 Å². The molecule has 1 amide bonds. The Balaban J connectivity index is 2.17. The Hall–Kier alpha value is -1.69. The molecular weight excluding hydrogens is 230 g/mol. The molecule has 1 unspecified atom stereocenters. The molecule has 1 aromatic heterocycles. The summed E-state index contributed by atoms with van der Waals surface area (Å²) in [6.07, 6.45) is 2.08. The molecule has 0 saturated carbocycles. The fraction of sp³-hybridized carbons (Fsp3) is 0.583. The van der Waals surface area contributed by atoms with Crippen molar-refractivity contribution < 1.29 is 4.79 Å². The smallest absolute Gasteiger partial charge is 0.233 e. The van der Waals surface area contributed by atoms with Gasteiger partial charge in [0.15, 0.2) is 0 Å². The van der Waals surface area contributed by atoms with Crippen molar-refractivity contribution in [3.63, 3.8) is 0 Å². The lowest BCUT2D eigenvalue weighted by Crippen LogP contribution is -2.35. The van der Waals surface area contributed by atoms with Gasteiger partial charge in [0.2, 0.25) is 5.91 Å². The van der Waals surface area contributed by atoms with Gasteiger partial charge in [0.1, 0.15) is 11.6 Å². The number of nitrogen functional groups attached to an aromatic ring is 1. The molecule has 1 saturated heterocycles. The Morgan fingerprint density at radius 2 is 2.39 bits per heavy atom. The van der Waals surface area contributed by atoms with E-state index in [1.807, 2.05) is 6.92 Å². The van der Waals surface area contributed by atoms with Gasteiger partial charge in [-0.3, -0.25) is 9.69 Å². The van der Waals surface area contributed by atoms with Crippen LogP contribution >= 0.6 is 0 Å². The van der Waals surface area contributed by atoms with Crippen LogP contribution in [-0.2, 0) is 4.79 Å². The summed E-state index contributed by atoms with van der Waals surface area (Å²) in [5, 5.41) is 2.65. The predicted molar refractivity (Wildman–Crippen MR) is 68.8 cm³/mol. The number of carbonyl (C=O) groups excluding carboxylic acids is 1. The summed E-state index contributed by atoms with van der Waals surface area (Å²) in [7, 11) is 1.65. The first-order valence-electron chi connectivity index (χ1n) is 6.16. The van der Waals surface area contributed by atoms with Crippen LogP contribution in [0.3, 0.4) is 0 Å². The minimum atomic E-state index is 0.0284. The largest absolute Gasteiger partial charge is 0.384 e. The van der Waals surface area contributed by atoms with Crippen molar-refractivity contribution in [2.24, 2.45) is 0 Å². The van der Waals surface area contributed by atoms with E-state index in [1.54, 1.807) is 13.1 Å². The monoisotopic (exact) mass is 249 g/mol. The Bertz CT molecular complexity index is 428. The molecule has 2 heterocycles. The van der Waals surface area contributed by atoms with E-state index >= 15 is 0 Å². The lowest BCUT2D eigenvalue weighted by molar-refractivity contribution is -0.122. The van der Waals surface area contributed by atoms with Gasteiger partial charge in [-0.05, 0) is 26.3 Å². The second kappa shape index (κ2) is 5.30. The zero-order chi connectivity index (χ0) is 13.1. The molecule has 1 aliphatic rings. The van der Waals surface area contributed by atoms with Crippen molar-refractivity contribution >= 4 is 11.7 Å². The minimum Gasteiger partial charge on any atom is -0.384 e. The average molecular weight is 249 g/mol. The first-order chi connectivity index (χ1) is 8.60. The molecule has 1 fully saturated rings. The van der Waals surface area contributed by atoms with Gasteiger partial charge in [0, 0.05) is 13.1 Å². The molecule has 1 atom stereocenters. The van der Waals surface area contributed by atoms with Gasteiger partial charge in [0.25, 0.3) is 0 Å². The lowest BCUT2D eigenvalue weighted by Gasteiger charge is -2.23. The quantitative estimate of drug-likeness (QED) is 0.802. The lowest BCUT2D eigenvalue weighted by atomic mass is 10.1. The Labute approximate surface area is 107 Å². The van der Waals surface area contributed by atoms with E-state index in [0.29, 0.717) is 18.2 Å². The molecule has 0 aliphatic carbocycles. The summed E-state index contributed by atoms with van der Waals surface area (Å²) < 4.78 is 0. The van der Waals surface area contributed by atoms with Gasteiger partial charge in [-0.15, -0.1) is 0 Å². The number of hydrogen-bond acceptors (Lipinski definition) is 5. The van der Waals surface area contributed by atoms with Gasteiger partial charge < -0.3 is 11.1 Å². The van der Waals surface area contributed by atoms with Crippen molar-refractivity contribution in [2.45, 2.75) is 25.8 Å². The average Bonchev–Trinajstić information content (AvgIpc) is 2.75. The summed E-state index contributed by atoms with van der Waals surface area (Å²) >= 11 is 0. The fourth-order valence-electron chi connectivity index (χ4n) is 2.40. The first-order valence-corrected chi connectivity index (χ1v) is 6.16. The molecule has 6 heteroatoms. The molecule has 98 valence electrons. The van der Waals surface area contributed by atoms with Crippen LogP contribution in [0.5, 0.6) is 0 Å². The van der Waals surface area contributed by atoms with E-state index in [-0.39, 0.29) is 11.9 Å². The van der Waals surface area contributed by atoms with E-state index in [0.717, 1.165) is 25.1 Å². The molecule has 3 N–H and O–H groups in total. The number of nitrogens with two attached hydrogens (primary N) is 1. The minimum absolute atomic E-state index is 0.0284. The molecule has 18 heavy (non-hydrogen) atoms. The van der Waals surface area contributed by atoms with Crippen LogP contribution in [0.2, 0.25) is 0 Å². The number of carbonyl (C=O) groups is 1. The number of anilines is 1. The molecule has 0 bridgehead atoms. The zero-order valence-electron chi connectivity index (χ0n) is 10.8. The molecular formula is C12H19N5O. The highest BCUT2D eigenvalue weighted by Crippen LogP contribution is 2.30. The SMILES string of the molecule is CNC(=O)CN1CCCC1c1cc(N)nc(C)n1. The third kappa shape index (κ3) is 2.76. The number of aromatic nitrogens is 2. The standard InChI is InChI=1S/C12H19N5O/c1-8-15-9(6-11(13)16-8)10-4-3-5-17(10)7-12(18)14-2/h6,10H,3-5,7H2,1-2H3,(H,14,18)(H2,13,15,16). The zero-order valence-corrected chi connectivity index (χ0v) is 10.8. The topological polar surface area (TPSA) is 84.1 Å². The van der Waals surface area contributed by atoms with E-state index in [1.165, 1.54) is 0 Å². The van der Waals surface area contributed by atoms with Gasteiger partial charge >= 0.3 is 0 Å². The van der Waals surface area contributed by atoms with Crippen LogP contribution in [0.4, 0.5) is 5.82 Å². The molecule has 0 spiro atoms. The van der Waals surface area contributed by atoms with Crippen LogP contribution in [0.1, 0.15) is 30.4 Å². The maximum absolute atomic E-state index is 11.5. The second-order valence-corrected chi connectivity index (χ2v) is 4.57. The molecule has 1 aromatic rings.